The van der Waals surface area contributed by atoms with Crippen LogP contribution in [-0.4, -0.2) is 22.1 Å². The van der Waals surface area contributed by atoms with Crippen LogP contribution in [-0.2, 0) is 0 Å². The Balaban J connectivity index is 1.93. The van der Waals surface area contributed by atoms with E-state index < -0.39 is 0 Å². The number of hydrogen-bond donors (Lipinski definition) is 2. The lowest BCUT2D eigenvalue weighted by Crippen LogP contribution is -2.23. The van der Waals surface area contributed by atoms with Gasteiger partial charge in [0.15, 0.2) is 5.49 Å². The lowest BCUT2D eigenvalue weighted by Gasteiger charge is -1.94. The molecule has 0 saturated carbocycles. The second-order valence-corrected chi connectivity index (χ2v) is 5.92. The molecule has 5 nitrogen and oxygen atoms in total. The van der Waals surface area contributed by atoms with E-state index in [0.29, 0.717) is 0 Å². The van der Waals surface area contributed by atoms with Gasteiger partial charge in [-0.3, -0.25) is 0 Å². The van der Waals surface area contributed by atoms with Gasteiger partial charge in [0, 0.05) is 28.9 Å². The Morgan fingerprint density at radius 1 is 1.17 bits per heavy atom. The van der Waals surface area contributed by atoms with E-state index in [4.69, 9.17) is 4.74 Å². The first-order valence-electron chi connectivity index (χ1n) is 7.81. The molecule has 0 aliphatic carbocycles. The molecule has 0 radical (unpaired) electrons. The molecule has 4 heterocycles. The topological polar surface area (TPSA) is 66.1 Å². The van der Waals surface area contributed by atoms with E-state index in [-0.39, 0.29) is 0 Å². The number of aromatic amines is 2. The molecule has 3 aromatic rings. The summed E-state index contributed by atoms with van der Waals surface area (Å²) in [4.78, 5) is 15.6. The number of fused-ring (bicyclic) bond motifs is 1. The van der Waals surface area contributed by atoms with Crippen molar-refractivity contribution in [3.05, 3.63) is 68.8 Å². The largest absolute Gasteiger partial charge is 0.494 e. The number of rotatable bonds is 2. The highest BCUT2D eigenvalue weighted by molar-refractivity contribution is 5.76. The quantitative estimate of drug-likeness (QED) is 0.719. The van der Waals surface area contributed by atoms with Crippen LogP contribution in [0, 0.1) is 13.8 Å². The number of ether oxygens (including phenoxy) is 1. The maximum absolute atomic E-state index is 5.52. The highest BCUT2D eigenvalue weighted by Gasteiger charge is 2.07. The average Bonchev–Trinajstić information content (AvgIpc) is 3.24. The fraction of sp³-hybridized carbons (Fsp3) is 0.158. The van der Waals surface area contributed by atoms with Gasteiger partial charge in [-0.05, 0) is 49.8 Å². The minimum Gasteiger partial charge on any atom is -0.494 e. The van der Waals surface area contributed by atoms with Crippen molar-refractivity contribution >= 4 is 17.8 Å². The first kappa shape index (κ1) is 14.5. The molecular formula is C19H18N4O. The van der Waals surface area contributed by atoms with E-state index in [0.717, 1.165) is 44.2 Å². The summed E-state index contributed by atoms with van der Waals surface area (Å²) in [5.41, 5.74) is 5.02. The first-order valence-corrected chi connectivity index (χ1v) is 7.81. The number of aryl methyl sites for hydroxylation is 2. The average molecular weight is 318 g/mol. The normalized spacial score (nSPS) is 15.9. The summed E-state index contributed by atoms with van der Waals surface area (Å²) < 4.78 is 5.52. The van der Waals surface area contributed by atoms with Crippen LogP contribution in [0.2, 0.25) is 0 Å². The summed E-state index contributed by atoms with van der Waals surface area (Å²) in [7, 11) is 1.67. The Hall–Kier alpha value is -3.08. The van der Waals surface area contributed by atoms with Crippen LogP contribution in [0.15, 0.2) is 35.5 Å². The molecule has 24 heavy (non-hydrogen) atoms. The van der Waals surface area contributed by atoms with Crippen LogP contribution in [0.25, 0.3) is 17.8 Å². The maximum atomic E-state index is 5.52. The maximum Gasteiger partial charge on any atom is 0.159 e. The molecule has 2 N–H and O–H groups in total. The van der Waals surface area contributed by atoms with E-state index in [2.05, 4.69) is 39.0 Å². The van der Waals surface area contributed by atoms with Crippen molar-refractivity contribution in [1.29, 1.82) is 0 Å². The number of nitrogens with one attached hydrogen (secondary N) is 2. The zero-order valence-electron chi connectivity index (χ0n) is 13.8. The summed E-state index contributed by atoms with van der Waals surface area (Å²) >= 11 is 0. The molecule has 0 unspecified atom stereocenters. The van der Waals surface area contributed by atoms with Gasteiger partial charge in [-0.15, -0.1) is 0 Å². The second-order valence-electron chi connectivity index (χ2n) is 5.92. The second kappa shape index (κ2) is 5.53. The van der Waals surface area contributed by atoms with Gasteiger partial charge in [-0.2, -0.15) is 0 Å². The number of pyridine rings is 1. The van der Waals surface area contributed by atoms with Crippen molar-refractivity contribution in [2.24, 2.45) is 4.99 Å². The Kier molecular flexibility index (Phi) is 3.34. The summed E-state index contributed by atoms with van der Waals surface area (Å²) in [5, 5.41) is 2.86. The lowest BCUT2D eigenvalue weighted by atomic mass is 10.2. The van der Waals surface area contributed by atoms with Crippen LogP contribution >= 0.6 is 0 Å². The van der Waals surface area contributed by atoms with Gasteiger partial charge < -0.3 is 14.7 Å². The third kappa shape index (κ3) is 2.44. The highest BCUT2D eigenvalue weighted by Crippen LogP contribution is 2.10. The van der Waals surface area contributed by atoms with Gasteiger partial charge in [0.2, 0.25) is 0 Å². The van der Waals surface area contributed by atoms with Crippen LogP contribution < -0.4 is 26.1 Å². The number of methoxy groups -OCH3 is 1. The van der Waals surface area contributed by atoms with Gasteiger partial charge in [0.05, 0.1) is 23.5 Å². The van der Waals surface area contributed by atoms with Crippen molar-refractivity contribution in [3.63, 3.8) is 0 Å². The molecule has 3 aromatic heterocycles. The zero-order valence-corrected chi connectivity index (χ0v) is 13.8. The zero-order chi connectivity index (χ0) is 16.7. The molecule has 5 heteroatoms. The molecule has 0 saturated heterocycles. The molecule has 0 atom stereocenters. The monoisotopic (exact) mass is 318 g/mol. The third-order valence-electron chi connectivity index (χ3n) is 4.12. The van der Waals surface area contributed by atoms with Gasteiger partial charge in [-0.1, -0.05) is 0 Å². The summed E-state index contributed by atoms with van der Waals surface area (Å²) in [6, 6.07) is 8.02. The number of aromatic nitrogens is 3. The van der Waals surface area contributed by atoms with Crippen LogP contribution in [0.4, 0.5) is 0 Å². The summed E-state index contributed by atoms with van der Waals surface area (Å²) in [6.07, 6.45) is 5.84. The highest BCUT2D eigenvalue weighted by atomic mass is 16.5. The van der Waals surface area contributed by atoms with E-state index in [1.807, 2.05) is 31.2 Å². The molecule has 0 bridgehead atoms. The van der Waals surface area contributed by atoms with Crippen molar-refractivity contribution in [2.75, 3.05) is 7.11 Å². The fourth-order valence-electron chi connectivity index (χ4n) is 2.96. The van der Waals surface area contributed by atoms with Crippen molar-refractivity contribution in [2.45, 2.75) is 13.8 Å². The Labute approximate surface area is 138 Å². The molecule has 0 fully saturated rings. The molecule has 4 rings (SSSR count). The van der Waals surface area contributed by atoms with Crippen molar-refractivity contribution in [3.8, 4) is 5.75 Å². The van der Waals surface area contributed by atoms with E-state index in [1.54, 1.807) is 13.3 Å². The summed E-state index contributed by atoms with van der Waals surface area (Å²) in [6.45, 7) is 4.14. The summed E-state index contributed by atoms with van der Waals surface area (Å²) in [5.74, 6) is 0.789. The number of H-pyrrole nitrogens is 2. The molecule has 0 spiro atoms. The number of hydrogen-bond acceptors (Lipinski definition) is 3. The Morgan fingerprint density at radius 2 is 2.04 bits per heavy atom. The van der Waals surface area contributed by atoms with Gasteiger partial charge in [-0.25, -0.2) is 9.98 Å². The minimum atomic E-state index is 0.752. The molecule has 1 aliphatic heterocycles. The smallest absolute Gasteiger partial charge is 0.159 e. The first-order chi connectivity index (χ1) is 11.6. The molecule has 120 valence electrons. The van der Waals surface area contributed by atoms with Crippen molar-refractivity contribution < 1.29 is 4.74 Å². The molecular weight excluding hydrogens is 300 g/mol. The van der Waals surface area contributed by atoms with Gasteiger partial charge in [0.25, 0.3) is 0 Å². The van der Waals surface area contributed by atoms with Crippen LogP contribution in [0.1, 0.15) is 17.0 Å². The van der Waals surface area contributed by atoms with Crippen LogP contribution in [0.5, 0.6) is 5.75 Å². The SMILES string of the molecule is COc1cc(=C2C=c3cccnc3=N2)[nH]c1=Cc1[nH]c(C)cc1C. The fourth-order valence-corrected chi connectivity index (χ4v) is 2.96. The van der Waals surface area contributed by atoms with Crippen LogP contribution in [0.3, 0.4) is 0 Å². The third-order valence-corrected chi connectivity index (χ3v) is 4.12. The van der Waals surface area contributed by atoms with Gasteiger partial charge in [0.1, 0.15) is 5.75 Å². The molecule has 0 aromatic carbocycles. The Morgan fingerprint density at radius 3 is 2.75 bits per heavy atom. The molecule has 0 amide bonds. The van der Waals surface area contributed by atoms with E-state index in [1.165, 1.54) is 5.56 Å². The minimum absolute atomic E-state index is 0.752. The van der Waals surface area contributed by atoms with Crippen molar-refractivity contribution in [1.82, 2.24) is 15.0 Å². The predicted molar refractivity (Wildman–Crippen MR) is 93.3 cm³/mol. The van der Waals surface area contributed by atoms with Gasteiger partial charge >= 0.3 is 0 Å². The van der Waals surface area contributed by atoms with E-state index in [9.17, 15) is 0 Å². The Bertz CT molecular complexity index is 1130. The lowest BCUT2D eigenvalue weighted by molar-refractivity contribution is 0.412. The standard InChI is InChI=1S/C19H18N4O/c1-11-7-12(2)21-14(11)9-17-18(24-3)10-16(22-17)15-8-13-5-4-6-20-19(13)23-15/h4-10,21-22H,1-3H3. The molecule has 1 aliphatic rings. The number of nitrogens with zero attached hydrogens (tertiary/aromatic N) is 2. The predicted octanol–water partition coefficient (Wildman–Crippen LogP) is 0.414. The van der Waals surface area contributed by atoms with E-state index >= 15 is 0 Å².